The van der Waals surface area contributed by atoms with E-state index >= 15 is 0 Å². The third-order valence-electron chi connectivity index (χ3n) is 5.67. The summed E-state index contributed by atoms with van der Waals surface area (Å²) in [4.78, 5) is 25.8. The van der Waals surface area contributed by atoms with Gasteiger partial charge in [-0.15, -0.1) is 0 Å². The van der Waals surface area contributed by atoms with E-state index in [0.717, 1.165) is 24.8 Å². The maximum Gasteiger partial charge on any atom is 0.415 e. The van der Waals surface area contributed by atoms with Crippen molar-refractivity contribution in [3.63, 3.8) is 0 Å². The minimum atomic E-state index is -0.978. The van der Waals surface area contributed by atoms with Crippen LogP contribution in [0, 0.1) is 0 Å². The number of benzene rings is 2. The van der Waals surface area contributed by atoms with E-state index in [2.05, 4.69) is 6.92 Å². The summed E-state index contributed by atoms with van der Waals surface area (Å²) in [7, 11) is 1.59. The van der Waals surface area contributed by atoms with Gasteiger partial charge in [0.05, 0.1) is 13.7 Å². The normalized spacial score (nSPS) is 11.5. The number of rotatable bonds is 17. The van der Waals surface area contributed by atoms with Crippen LogP contribution in [0.1, 0.15) is 51.5 Å². The summed E-state index contributed by atoms with van der Waals surface area (Å²) >= 11 is 0. The number of ether oxygens (including phenoxy) is 4. The summed E-state index contributed by atoms with van der Waals surface area (Å²) < 4.78 is 21.8. The first-order chi connectivity index (χ1) is 17.5. The van der Waals surface area contributed by atoms with Crippen molar-refractivity contribution in [2.45, 2.75) is 58.5 Å². The van der Waals surface area contributed by atoms with Gasteiger partial charge in [0.25, 0.3) is 0 Å². The highest BCUT2D eigenvalue weighted by molar-refractivity contribution is 5.72. The minimum absolute atomic E-state index is 0.284. The highest BCUT2D eigenvalue weighted by Crippen LogP contribution is 2.19. The quantitative estimate of drug-likeness (QED) is 0.283. The van der Waals surface area contributed by atoms with E-state index in [1.54, 1.807) is 55.3 Å². The van der Waals surface area contributed by atoms with Gasteiger partial charge in [0.2, 0.25) is 0 Å². The predicted octanol–water partition coefficient (Wildman–Crippen LogP) is 5.58. The zero-order chi connectivity index (χ0) is 26.2. The van der Waals surface area contributed by atoms with Crippen LogP contribution in [-0.4, -0.2) is 61.6 Å². The molecule has 0 spiro atoms. The molecule has 198 valence electrons. The van der Waals surface area contributed by atoms with Gasteiger partial charge in [0, 0.05) is 19.6 Å². The summed E-state index contributed by atoms with van der Waals surface area (Å²) in [5, 5.41) is 9.26. The maximum absolute atomic E-state index is 12.8. The number of hydrogen-bond acceptors (Lipinski definition) is 6. The molecule has 2 rings (SSSR count). The molecule has 2 aromatic carbocycles. The highest BCUT2D eigenvalue weighted by Gasteiger charge is 2.18. The second kappa shape index (κ2) is 16.4. The zero-order valence-electron chi connectivity index (χ0n) is 21.6. The van der Waals surface area contributed by atoms with Crippen LogP contribution in [0.25, 0.3) is 0 Å². The van der Waals surface area contributed by atoms with E-state index in [0.29, 0.717) is 43.6 Å². The average molecular weight is 502 g/mol. The fraction of sp³-hybridized carbons (Fsp3) is 0.500. The Morgan fingerprint density at radius 1 is 0.861 bits per heavy atom. The van der Waals surface area contributed by atoms with Gasteiger partial charge in [0.15, 0.2) is 6.10 Å². The van der Waals surface area contributed by atoms with E-state index in [4.69, 9.17) is 18.9 Å². The molecule has 0 saturated heterocycles. The molecule has 0 heterocycles. The Morgan fingerprint density at radius 3 is 2.11 bits per heavy atom. The number of nitrogens with zero attached hydrogens (tertiary/aromatic N) is 1. The maximum atomic E-state index is 12.8. The number of carbonyl (C=O) groups is 2. The molecule has 0 radical (unpaired) electrons. The van der Waals surface area contributed by atoms with Gasteiger partial charge in [-0.1, -0.05) is 44.7 Å². The summed E-state index contributed by atoms with van der Waals surface area (Å²) in [5.41, 5.74) is 0.847. The van der Waals surface area contributed by atoms with Crippen molar-refractivity contribution in [1.82, 2.24) is 4.90 Å². The number of amides is 1. The number of unbranched alkanes of at least 4 members (excludes halogenated alkanes) is 4. The van der Waals surface area contributed by atoms with Gasteiger partial charge in [0.1, 0.15) is 23.9 Å². The van der Waals surface area contributed by atoms with Crippen molar-refractivity contribution in [2.75, 3.05) is 33.4 Å². The van der Waals surface area contributed by atoms with Gasteiger partial charge in [-0.3, -0.25) is 0 Å². The van der Waals surface area contributed by atoms with Crippen molar-refractivity contribution in [2.24, 2.45) is 0 Å². The van der Waals surface area contributed by atoms with Gasteiger partial charge in [-0.05, 0) is 55.3 Å². The number of methoxy groups -OCH3 is 1. The molecule has 0 fully saturated rings. The van der Waals surface area contributed by atoms with Crippen molar-refractivity contribution in [3.05, 3.63) is 54.1 Å². The molecule has 0 bridgehead atoms. The molecule has 0 aliphatic rings. The Morgan fingerprint density at radius 2 is 1.50 bits per heavy atom. The van der Waals surface area contributed by atoms with E-state index < -0.39 is 18.2 Å². The van der Waals surface area contributed by atoms with Crippen LogP contribution in [0.4, 0.5) is 4.79 Å². The number of carboxylic acid groups (broad SMARTS) is 1. The highest BCUT2D eigenvalue weighted by atomic mass is 16.6. The Bertz CT molecular complexity index is 899. The van der Waals surface area contributed by atoms with Crippen LogP contribution < -0.4 is 14.2 Å². The Hall–Kier alpha value is -3.26. The third-order valence-corrected chi connectivity index (χ3v) is 5.67. The first kappa shape index (κ1) is 29.0. The van der Waals surface area contributed by atoms with Crippen LogP contribution in [0.3, 0.4) is 0 Å². The molecule has 0 saturated carbocycles. The summed E-state index contributed by atoms with van der Waals surface area (Å²) in [5.74, 6) is 0.820. The standard InChI is InChI=1S/C28H39NO7/c1-4-6-7-8-9-18-29(28(32)36-25-16-14-23(33-3)15-17-25)19-20-35-24-12-10-22(11-13-24)21-26(27(30)31)34-5-2/h10-17,26H,4-9,18-21H2,1-3H3,(H,30,31). The molecule has 1 atom stereocenters. The summed E-state index contributed by atoms with van der Waals surface area (Å²) in [6.07, 6.45) is 4.46. The van der Waals surface area contributed by atoms with Crippen LogP contribution >= 0.6 is 0 Å². The Kier molecular flexibility index (Phi) is 13.2. The largest absolute Gasteiger partial charge is 0.497 e. The number of carbonyl (C=O) groups excluding carboxylic acids is 1. The molecular weight excluding hydrogens is 462 g/mol. The lowest BCUT2D eigenvalue weighted by Crippen LogP contribution is -2.37. The van der Waals surface area contributed by atoms with Crippen LogP contribution in [0.2, 0.25) is 0 Å². The first-order valence-electron chi connectivity index (χ1n) is 12.6. The predicted molar refractivity (Wildman–Crippen MR) is 138 cm³/mol. The van der Waals surface area contributed by atoms with Crippen LogP contribution in [0.5, 0.6) is 17.2 Å². The molecule has 0 aliphatic carbocycles. The van der Waals surface area contributed by atoms with Crippen LogP contribution in [0.15, 0.2) is 48.5 Å². The first-order valence-corrected chi connectivity index (χ1v) is 12.6. The minimum Gasteiger partial charge on any atom is -0.497 e. The summed E-state index contributed by atoms with van der Waals surface area (Å²) in [6.45, 7) is 5.57. The number of carboxylic acids is 1. The lowest BCUT2D eigenvalue weighted by Gasteiger charge is -2.22. The third kappa shape index (κ3) is 10.6. The second-order valence-electron chi connectivity index (χ2n) is 8.42. The van der Waals surface area contributed by atoms with Gasteiger partial charge in [-0.2, -0.15) is 0 Å². The number of hydrogen-bond donors (Lipinski definition) is 1. The van der Waals surface area contributed by atoms with E-state index in [1.807, 2.05) is 12.1 Å². The lowest BCUT2D eigenvalue weighted by molar-refractivity contribution is -0.149. The molecule has 0 aliphatic heterocycles. The Labute approximate surface area is 214 Å². The van der Waals surface area contributed by atoms with Gasteiger partial charge >= 0.3 is 12.1 Å². The zero-order valence-corrected chi connectivity index (χ0v) is 21.6. The van der Waals surface area contributed by atoms with Crippen LogP contribution in [-0.2, 0) is 16.0 Å². The molecule has 0 aromatic heterocycles. The van der Waals surface area contributed by atoms with E-state index in [9.17, 15) is 14.7 Å². The van der Waals surface area contributed by atoms with E-state index in [-0.39, 0.29) is 6.42 Å². The lowest BCUT2D eigenvalue weighted by atomic mass is 10.1. The van der Waals surface area contributed by atoms with Crippen molar-refractivity contribution in [1.29, 1.82) is 0 Å². The van der Waals surface area contributed by atoms with Crippen molar-refractivity contribution >= 4 is 12.1 Å². The molecule has 1 N–H and O–H groups in total. The van der Waals surface area contributed by atoms with Crippen molar-refractivity contribution in [3.8, 4) is 17.2 Å². The fourth-order valence-electron chi connectivity index (χ4n) is 3.64. The Balaban J connectivity index is 1.90. The molecule has 8 nitrogen and oxygen atoms in total. The molecular formula is C28H39NO7. The SMILES string of the molecule is CCCCCCCN(CCOc1ccc(CC(OCC)C(=O)O)cc1)C(=O)Oc1ccc(OC)cc1. The van der Waals surface area contributed by atoms with Gasteiger partial charge < -0.3 is 29.0 Å². The average Bonchev–Trinajstić information content (AvgIpc) is 2.88. The topological polar surface area (TPSA) is 94.5 Å². The second-order valence-corrected chi connectivity index (χ2v) is 8.42. The summed E-state index contributed by atoms with van der Waals surface area (Å²) in [6, 6.07) is 14.1. The van der Waals surface area contributed by atoms with E-state index in [1.165, 1.54) is 12.8 Å². The smallest absolute Gasteiger partial charge is 0.415 e. The molecule has 36 heavy (non-hydrogen) atoms. The molecule has 1 amide bonds. The van der Waals surface area contributed by atoms with Crippen molar-refractivity contribution < 1.29 is 33.6 Å². The fourth-order valence-corrected chi connectivity index (χ4v) is 3.64. The number of aliphatic carboxylic acids is 1. The molecule has 8 heteroatoms. The monoisotopic (exact) mass is 501 g/mol. The molecule has 2 aromatic rings. The van der Waals surface area contributed by atoms with Gasteiger partial charge in [-0.25, -0.2) is 9.59 Å². The molecule has 1 unspecified atom stereocenters.